The fourth-order valence-electron chi connectivity index (χ4n) is 0.980. The van der Waals surface area contributed by atoms with Crippen molar-refractivity contribution in [1.29, 1.82) is 0 Å². The van der Waals surface area contributed by atoms with Crippen LogP contribution in [-0.4, -0.2) is 22.6 Å². The number of carbonyl (C=O) groups excluding carboxylic acids is 1. The summed E-state index contributed by atoms with van der Waals surface area (Å²) in [5.41, 5.74) is 4.95. The molecule has 0 radical (unpaired) electrons. The number of thiophene rings is 1. The first-order chi connectivity index (χ1) is 6.56. The van der Waals surface area contributed by atoms with E-state index < -0.39 is 12.1 Å². The molecule has 1 aromatic rings. The van der Waals surface area contributed by atoms with Crippen LogP contribution in [0.5, 0.6) is 0 Å². The molecule has 6 heteroatoms. The van der Waals surface area contributed by atoms with Gasteiger partial charge in [-0.1, -0.05) is 0 Å². The van der Waals surface area contributed by atoms with Crippen molar-refractivity contribution in [3.8, 4) is 0 Å². The normalized spacial score (nSPS) is 12.5. The van der Waals surface area contributed by atoms with Gasteiger partial charge in [0.25, 0.3) is 0 Å². The van der Waals surface area contributed by atoms with E-state index in [2.05, 4.69) is 0 Å². The molecule has 0 aromatic carbocycles. The molecule has 0 fully saturated rings. The quantitative estimate of drug-likeness (QED) is 0.477. The highest BCUT2D eigenvalue weighted by Gasteiger charge is 2.18. The molecule has 0 saturated carbocycles. The molecule has 1 rings (SSSR count). The number of hydroxylamine groups is 2. The van der Waals surface area contributed by atoms with Crippen LogP contribution in [0.25, 0.3) is 0 Å². The zero-order valence-corrected chi connectivity index (χ0v) is 9.56. The van der Waals surface area contributed by atoms with Gasteiger partial charge in [0.2, 0.25) is 0 Å². The van der Waals surface area contributed by atoms with Crippen LogP contribution in [-0.2, 0) is 0 Å². The SMILES string of the molecule is CSc1ccc(C(C)N(O)C(N)=O)s1. The van der Waals surface area contributed by atoms with Crippen LogP contribution >= 0.6 is 23.1 Å². The highest BCUT2D eigenvalue weighted by atomic mass is 32.2. The summed E-state index contributed by atoms with van der Waals surface area (Å²) in [5.74, 6) is 0. The molecule has 2 amide bonds. The van der Waals surface area contributed by atoms with Crippen molar-refractivity contribution < 1.29 is 10.0 Å². The molecule has 4 nitrogen and oxygen atoms in total. The van der Waals surface area contributed by atoms with Gasteiger partial charge in [-0.2, -0.15) is 5.06 Å². The maximum absolute atomic E-state index is 10.7. The van der Waals surface area contributed by atoms with E-state index in [1.165, 1.54) is 0 Å². The van der Waals surface area contributed by atoms with Gasteiger partial charge in [0.1, 0.15) is 0 Å². The number of carbonyl (C=O) groups is 1. The molecule has 0 aliphatic rings. The van der Waals surface area contributed by atoms with Crippen molar-refractivity contribution in [2.24, 2.45) is 5.73 Å². The molecule has 1 heterocycles. The van der Waals surface area contributed by atoms with E-state index in [0.29, 0.717) is 5.06 Å². The second-order valence-corrected chi connectivity index (χ2v) is 4.94. The Morgan fingerprint density at radius 1 is 1.71 bits per heavy atom. The molecule has 3 N–H and O–H groups in total. The lowest BCUT2D eigenvalue weighted by Gasteiger charge is -2.18. The monoisotopic (exact) mass is 232 g/mol. The van der Waals surface area contributed by atoms with Crippen molar-refractivity contribution in [2.75, 3.05) is 6.26 Å². The van der Waals surface area contributed by atoms with Crippen LogP contribution < -0.4 is 5.73 Å². The minimum atomic E-state index is -0.836. The Balaban J connectivity index is 2.78. The number of urea groups is 1. The summed E-state index contributed by atoms with van der Waals surface area (Å²) in [6, 6.07) is 2.61. The Morgan fingerprint density at radius 2 is 2.36 bits per heavy atom. The predicted molar refractivity (Wildman–Crippen MR) is 57.7 cm³/mol. The zero-order valence-electron chi connectivity index (χ0n) is 7.93. The number of hydrogen-bond acceptors (Lipinski definition) is 4. The second-order valence-electron chi connectivity index (χ2n) is 2.72. The standard InChI is InChI=1S/C8H12N2O2S2/c1-5(10(12)8(9)11)6-3-4-7(13-2)14-6/h3-5,12H,1-2H3,(H2,9,11). The molecule has 1 unspecified atom stereocenters. The molecule has 0 aliphatic heterocycles. The van der Waals surface area contributed by atoms with E-state index >= 15 is 0 Å². The molecular formula is C8H12N2O2S2. The van der Waals surface area contributed by atoms with Gasteiger partial charge in [0, 0.05) is 4.88 Å². The lowest BCUT2D eigenvalue weighted by Crippen LogP contribution is -2.34. The third-order valence-electron chi connectivity index (χ3n) is 1.81. The average Bonchev–Trinajstić information content (AvgIpc) is 2.63. The van der Waals surface area contributed by atoms with Gasteiger partial charge < -0.3 is 5.73 Å². The van der Waals surface area contributed by atoms with Crippen molar-refractivity contribution >= 4 is 29.1 Å². The summed E-state index contributed by atoms with van der Waals surface area (Å²) >= 11 is 3.17. The predicted octanol–water partition coefficient (Wildman–Crippen LogP) is 2.30. The smallest absolute Gasteiger partial charge is 0.339 e. The highest BCUT2D eigenvalue weighted by molar-refractivity contribution is 8.00. The van der Waals surface area contributed by atoms with E-state index in [4.69, 9.17) is 5.73 Å². The topological polar surface area (TPSA) is 66.6 Å². The first-order valence-corrected chi connectivity index (χ1v) is 6.01. The van der Waals surface area contributed by atoms with Gasteiger partial charge in [-0.3, -0.25) is 5.21 Å². The molecular weight excluding hydrogens is 220 g/mol. The molecule has 0 spiro atoms. The minimum Gasteiger partial charge on any atom is -0.350 e. The van der Waals surface area contributed by atoms with E-state index in [1.807, 2.05) is 18.4 Å². The Bertz CT molecular complexity index is 327. The molecule has 0 saturated heterocycles. The zero-order chi connectivity index (χ0) is 10.7. The Labute approximate surface area is 90.7 Å². The van der Waals surface area contributed by atoms with Gasteiger partial charge in [0.15, 0.2) is 0 Å². The number of nitrogens with two attached hydrogens (primary N) is 1. The van der Waals surface area contributed by atoms with E-state index in [9.17, 15) is 10.0 Å². The fraction of sp³-hybridized carbons (Fsp3) is 0.375. The molecule has 14 heavy (non-hydrogen) atoms. The molecule has 0 aliphatic carbocycles. The van der Waals surface area contributed by atoms with Crippen molar-refractivity contribution in [3.63, 3.8) is 0 Å². The second kappa shape index (κ2) is 4.68. The molecule has 0 bridgehead atoms. The van der Waals surface area contributed by atoms with Crippen molar-refractivity contribution in [1.82, 2.24) is 5.06 Å². The highest BCUT2D eigenvalue weighted by Crippen LogP contribution is 2.31. The van der Waals surface area contributed by atoms with E-state index in [-0.39, 0.29) is 0 Å². The number of rotatable bonds is 3. The molecule has 78 valence electrons. The van der Waals surface area contributed by atoms with Gasteiger partial charge in [-0.05, 0) is 25.3 Å². The van der Waals surface area contributed by atoms with Crippen molar-refractivity contribution in [2.45, 2.75) is 17.2 Å². The van der Waals surface area contributed by atoms with Crippen LogP contribution in [0.1, 0.15) is 17.8 Å². The average molecular weight is 232 g/mol. The fourth-order valence-corrected chi connectivity index (χ4v) is 2.58. The molecule has 1 atom stereocenters. The van der Waals surface area contributed by atoms with Gasteiger partial charge in [-0.15, -0.1) is 23.1 Å². The van der Waals surface area contributed by atoms with E-state index in [0.717, 1.165) is 9.09 Å². The van der Waals surface area contributed by atoms with Gasteiger partial charge in [-0.25, -0.2) is 4.79 Å². The van der Waals surface area contributed by atoms with Crippen molar-refractivity contribution in [3.05, 3.63) is 17.0 Å². The van der Waals surface area contributed by atoms with E-state index in [1.54, 1.807) is 30.0 Å². The van der Waals surface area contributed by atoms with Crippen LogP contribution in [0, 0.1) is 0 Å². The Kier molecular flexibility index (Phi) is 3.79. The molecule has 1 aromatic heterocycles. The first-order valence-electron chi connectivity index (χ1n) is 3.97. The summed E-state index contributed by atoms with van der Waals surface area (Å²) in [5, 5.41) is 9.83. The third kappa shape index (κ3) is 2.40. The Hall–Kier alpha value is -0.720. The number of nitrogens with zero attached hydrogens (tertiary/aromatic N) is 1. The summed E-state index contributed by atoms with van der Waals surface area (Å²) in [4.78, 5) is 11.6. The number of primary amides is 1. The third-order valence-corrected chi connectivity index (χ3v) is 4.15. The lowest BCUT2D eigenvalue weighted by atomic mass is 10.3. The number of hydrogen-bond donors (Lipinski definition) is 2. The summed E-state index contributed by atoms with van der Waals surface area (Å²) in [6.07, 6.45) is 1.98. The first kappa shape index (κ1) is 11.4. The van der Waals surface area contributed by atoms with Crippen LogP contribution in [0.4, 0.5) is 4.79 Å². The van der Waals surface area contributed by atoms with Crippen LogP contribution in [0.2, 0.25) is 0 Å². The van der Waals surface area contributed by atoms with Gasteiger partial charge >= 0.3 is 6.03 Å². The maximum atomic E-state index is 10.7. The number of amides is 2. The maximum Gasteiger partial charge on any atom is 0.339 e. The van der Waals surface area contributed by atoms with Gasteiger partial charge in [0.05, 0.1) is 10.3 Å². The summed E-state index contributed by atoms with van der Waals surface area (Å²) < 4.78 is 1.14. The summed E-state index contributed by atoms with van der Waals surface area (Å²) in [7, 11) is 0. The largest absolute Gasteiger partial charge is 0.350 e. The van der Waals surface area contributed by atoms with Crippen LogP contribution in [0.3, 0.4) is 0 Å². The summed E-state index contributed by atoms with van der Waals surface area (Å²) in [6.45, 7) is 1.72. The Morgan fingerprint density at radius 3 is 2.79 bits per heavy atom. The van der Waals surface area contributed by atoms with Crippen LogP contribution in [0.15, 0.2) is 16.3 Å². The number of thioether (sulfide) groups is 1. The minimum absolute atomic E-state index is 0.390. The lowest BCUT2D eigenvalue weighted by molar-refractivity contribution is -0.0700.